The Balaban J connectivity index is 1.31. The van der Waals surface area contributed by atoms with Crippen molar-refractivity contribution in [3.63, 3.8) is 0 Å². The fourth-order valence-corrected chi connectivity index (χ4v) is 6.73. The second-order valence-electron chi connectivity index (χ2n) is 10.9. The SMILES string of the molecule is c1ccc(-c2ccc3oc4c(-c5ccc6ccc7c(-c8ccccc8)ccc8ccc5c6c87)cccc4c3c2)cc1. The van der Waals surface area contributed by atoms with Crippen molar-refractivity contribution >= 4 is 54.3 Å². The maximum absolute atomic E-state index is 6.60. The molecule has 0 N–H and O–H groups in total. The molecule has 0 atom stereocenters. The molecule has 0 radical (unpaired) electrons. The van der Waals surface area contributed by atoms with E-state index in [-0.39, 0.29) is 0 Å². The molecule has 0 bridgehead atoms. The summed E-state index contributed by atoms with van der Waals surface area (Å²) in [7, 11) is 0. The van der Waals surface area contributed by atoms with Gasteiger partial charge >= 0.3 is 0 Å². The lowest BCUT2D eigenvalue weighted by Gasteiger charge is -2.16. The van der Waals surface area contributed by atoms with E-state index in [4.69, 9.17) is 4.42 Å². The van der Waals surface area contributed by atoms with E-state index in [9.17, 15) is 0 Å². The Morgan fingerprint density at radius 1 is 0.341 bits per heavy atom. The predicted molar refractivity (Wildman–Crippen MR) is 174 cm³/mol. The van der Waals surface area contributed by atoms with Crippen LogP contribution in [0.5, 0.6) is 0 Å². The molecule has 190 valence electrons. The largest absolute Gasteiger partial charge is 0.455 e. The number of benzene rings is 8. The Hall–Kier alpha value is -5.40. The van der Waals surface area contributed by atoms with Crippen molar-refractivity contribution in [1.29, 1.82) is 0 Å². The Bertz CT molecular complexity index is 2400. The Kier molecular flexibility index (Phi) is 4.67. The van der Waals surface area contributed by atoms with Gasteiger partial charge in [-0.05, 0) is 72.3 Å². The average molecular weight is 521 g/mol. The molecule has 8 aromatic carbocycles. The second-order valence-corrected chi connectivity index (χ2v) is 10.9. The molecule has 1 nitrogen and oxygen atoms in total. The Morgan fingerprint density at radius 2 is 0.976 bits per heavy atom. The van der Waals surface area contributed by atoms with Gasteiger partial charge in [-0.25, -0.2) is 0 Å². The smallest absolute Gasteiger partial charge is 0.143 e. The van der Waals surface area contributed by atoms with Crippen molar-refractivity contribution in [2.45, 2.75) is 0 Å². The summed E-state index contributed by atoms with van der Waals surface area (Å²) >= 11 is 0. The van der Waals surface area contributed by atoms with Crippen LogP contribution in [0, 0.1) is 0 Å². The van der Waals surface area contributed by atoms with Crippen molar-refractivity contribution in [3.8, 4) is 33.4 Å². The lowest BCUT2D eigenvalue weighted by atomic mass is 9.87. The highest BCUT2D eigenvalue weighted by molar-refractivity contribution is 6.28. The highest BCUT2D eigenvalue weighted by Crippen LogP contribution is 2.44. The first kappa shape index (κ1) is 22.4. The van der Waals surface area contributed by atoms with Gasteiger partial charge in [0, 0.05) is 16.3 Å². The molecule has 0 saturated heterocycles. The molecule has 0 amide bonds. The number of hydrogen-bond acceptors (Lipinski definition) is 1. The zero-order valence-electron chi connectivity index (χ0n) is 22.3. The summed E-state index contributed by atoms with van der Waals surface area (Å²) in [6, 6.07) is 52.5. The zero-order valence-corrected chi connectivity index (χ0v) is 22.3. The molecule has 1 heterocycles. The van der Waals surface area contributed by atoms with Crippen LogP contribution in [-0.2, 0) is 0 Å². The number of para-hydroxylation sites is 1. The first-order valence-electron chi connectivity index (χ1n) is 14.1. The van der Waals surface area contributed by atoms with Crippen LogP contribution in [0.2, 0.25) is 0 Å². The quantitative estimate of drug-likeness (QED) is 0.211. The molecule has 0 aliphatic carbocycles. The highest BCUT2D eigenvalue weighted by Gasteiger charge is 2.18. The van der Waals surface area contributed by atoms with Gasteiger partial charge in [0.25, 0.3) is 0 Å². The number of rotatable bonds is 3. The minimum Gasteiger partial charge on any atom is -0.455 e. The van der Waals surface area contributed by atoms with Crippen LogP contribution in [0.4, 0.5) is 0 Å². The Labute approximate surface area is 237 Å². The molecule has 9 rings (SSSR count). The molecule has 0 unspecified atom stereocenters. The average Bonchev–Trinajstić information content (AvgIpc) is 3.42. The topological polar surface area (TPSA) is 13.1 Å². The van der Waals surface area contributed by atoms with E-state index in [1.54, 1.807) is 0 Å². The summed E-state index contributed by atoms with van der Waals surface area (Å²) in [6.07, 6.45) is 0. The van der Waals surface area contributed by atoms with Gasteiger partial charge in [0.2, 0.25) is 0 Å². The molecular weight excluding hydrogens is 496 g/mol. The number of furan rings is 1. The summed E-state index contributed by atoms with van der Waals surface area (Å²) in [6.45, 7) is 0. The van der Waals surface area contributed by atoms with Crippen LogP contribution in [0.15, 0.2) is 150 Å². The van der Waals surface area contributed by atoms with Gasteiger partial charge in [0.05, 0.1) is 0 Å². The molecule has 41 heavy (non-hydrogen) atoms. The van der Waals surface area contributed by atoms with Crippen molar-refractivity contribution in [2.75, 3.05) is 0 Å². The van der Waals surface area contributed by atoms with E-state index in [1.165, 1.54) is 60.1 Å². The monoisotopic (exact) mass is 520 g/mol. The summed E-state index contributed by atoms with van der Waals surface area (Å²) in [5.74, 6) is 0. The van der Waals surface area contributed by atoms with Crippen LogP contribution in [-0.4, -0.2) is 0 Å². The van der Waals surface area contributed by atoms with Crippen LogP contribution in [0.1, 0.15) is 0 Å². The van der Waals surface area contributed by atoms with Crippen LogP contribution >= 0.6 is 0 Å². The first-order valence-corrected chi connectivity index (χ1v) is 14.1. The normalized spacial score (nSPS) is 11.9. The summed E-state index contributed by atoms with van der Waals surface area (Å²) in [4.78, 5) is 0. The minimum atomic E-state index is 0.914. The molecule has 0 saturated carbocycles. The van der Waals surface area contributed by atoms with Crippen molar-refractivity contribution in [2.24, 2.45) is 0 Å². The van der Waals surface area contributed by atoms with Crippen molar-refractivity contribution in [3.05, 3.63) is 146 Å². The standard InChI is InChI=1S/C40H24O/c1-3-8-25(9-4-1)29-18-23-37-36(24-29)35-13-7-12-34(40(35)41-37)31-20-15-28-16-21-32-30(26-10-5-2-6-11-26)19-14-27-17-22-33(31)39(28)38(27)32/h1-24H. The molecular formula is C40H24O. The molecule has 1 heteroatoms. The first-order chi connectivity index (χ1) is 20.3. The minimum absolute atomic E-state index is 0.914. The van der Waals surface area contributed by atoms with Crippen LogP contribution < -0.4 is 0 Å². The van der Waals surface area contributed by atoms with Gasteiger partial charge in [-0.1, -0.05) is 133 Å². The molecule has 0 spiro atoms. The third-order valence-corrected chi connectivity index (χ3v) is 8.64. The zero-order chi connectivity index (χ0) is 26.9. The van der Waals surface area contributed by atoms with Gasteiger partial charge in [-0.15, -0.1) is 0 Å². The van der Waals surface area contributed by atoms with Crippen LogP contribution in [0.3, 0.4) is 0 Å². The van der Waals surface area contributed by atoms with Gasteiger partial charge in [-0.2, -0.15) is 0 Å². The summed E-state index contributed by atoms with van der Waals surface area (Å²) in [5, 5.41) is 10.0. The van der Waals surface area contributed by atoms with E-state index in [1.807, 2.05) is 0 Å². The maximum Gasteiger partial charge on any atom is 0.143 e. The third-order valence-electron chi connectivity index (χ3n) is 8.64. The molecule has 1 aromatic heterocycles. The maximum atomic E-state index is 6.60. The molecule has 0 fully saturated rings. The fourth-order valence-electron chi connectivity index (χ4n) is 6.73. The third kappa shape index (κ3) is 3.30. The molecule has 9 aromatic rings. The summed E-state index contributed by atoms with van der Waals surface area (Å²) in [5.41, 5.74) is 9.10. The Morgan fingerprint density at radius 3 is 1.71 bits per heavy atom. The van der Waals surface area contributed by atoms with Crippen LogP contribution in [0.25, 0.3) is 87.6 Å². The predicted octanol–water partition coefficient (Wildman–Crippen LogP) is 11.5. The van der Waals surface area contributed by atoms with E-state index in [0.29, 0.717) is 0 Å². The van der Waals surface area contributed by atoms with E-state index < -0.39 is 0 Å². The van der Waals surface area contributed by atoms with Crippen molar-refractivity contribution < 1.29 is 4.42 Å². The van der Waals surface area contributed by atoms with E-state index in [2.05, 4.69) is 146 Å². The van der Waals surface area contributed by atoms with Gasteiger partial charge in [0.1, 0.15) is 11.2 Å². The molecule has 0 aliphatic rings. The lowest BCUT2D eigenvalue weighted by molar-refractivity contribution is 0.670. The van der Waals surface area contributed by atoms with Gasteiger partial charge in [-0.3, -0.25) is 0 Å². The highest BCUT2D eigenvalue weighted by atomic mass is 16.3. The molecule has 0 aliphatic heterocycles. The summed E-state index contributed by atoms with van der Waals surface area (Å²) < 4.78 is 6.60. The van der Waals surface area contributed by atoms with Gasteiger partial charge in [0.15, 0.2) is 0 Å². The lowest BCUT2D eigenvalue weighted by Crippen LogP contribution is -1.89. The van der Waals surface area contributed by atoms with Crippen molar-refractivity contribution in [1.82, 2.24) is 0 Å². The second kappa shape index (κ2) is 8.55. The number of hydrogen-bond donors (Lipinski definition) is 0. The van der Waals surface area contributed by atoms with Gasteiger partial charge < -0.3 is 4.42 Å². The van der Waals surface area contributed by atoms with E-state index in [0.717, 1.165) is 27.5 Å². The number of fused-ring (bicyclic) bond motifs is 3. The van der Waals surface area contributed by atoms with E-state index >= 15 is 0 Å². The fraction of sp³-hybridized carbons (Fsp3) is 0.